The van der Waals surface area contributed by atoms with Crippen LogP contribution in [0, 0.1) is 5.92 Å². The van der Waals surface area contributed by atoms with E-state index in [0.717, 1.165) is 12.1 Å². The summed E-state index contributed by atoms with van der Waals surface area (Å²) in [6.07, 6.45) is 0.859. The molecular weight excluding hydrogens is 400 g/mol. The second-order valence-electron chi connectivity index (χ2n) is 8.05. The minimum absolute atomic E-state index is 0.0663. The zero-order valence-corrected chi connectivity index (χ0v) is 17.9. The van der Waals surface area contributed by atoms with E-state index in [1.54, 1.807) is 24.3 Å². The largest absolute Gasteiger partial charge is 0.380 e. The number of likely N-dealkylation sites (tertiary alicyclic amines) is 1. The molecule has 0 radical (unpaired) electrons. The number of nitrogens with one attached hydrogen (secondary N) is 2. The number of para-hydroxylation sites is 1. The molecule has 2 N–H and O–H groups in total. The number of amides is 1. The third-order valence-electron chi connectivity index (χ3n) is 5.46. The lowest BCUT2D eigenvalue weighted by molar-refractivity contribution is -0.132. The Balaban J connectivity index is 1.52. The first-order chi connectivity index (χ1) is 14.3. The standard InChI is InChI=1S/C22H26N4O3S/c1-15(2)20(24-21-18-10-6-7-11-19(18)30(28,29)25-21)22(27)26-13-12-17(14-26)23-16-8-4-3-5-9-16/h3-11,15,17,20,23H,12-14H2,1-2H3,(H,24,25)/t17?,20-/m0/s1. The van der Waals surface area contributed by atoms with Crippen LogP contribution in [0.4, 0.5) is 5.69 Å². The van der Waals surface area contributed by atoms with Gasteiger partial charge in [0.2, 0.25) is 5.91 Å². The summed E-state index contributed by atoms with van der Waals surface area (Å²) in [5, 5.41) is 3.47. The second-order valence-corrected chi connectivity index (χ2v) is 9.70. The summed E-state index contributed by atoms with van der Waals surface area (Å²) in [5.41, 5.74) is 1.55. The molecule has 0 spiro atoms. The highest BCUT2D eigenvalue weighted by Crippen LogP contribution is 2.25. The molecule has 0 bridgehead atoms. The number of amidine groups is 1. The van der Waals surface area contributed by atoms with Crippen LogP contribution in [0.5, 0.6) is 0 Å². The molecule has 1 saturated heterocycles. The number of aliphatic imine (C=N–C) groups is 1. The number of benzene rings is 2. The predicted octanol–water partition coefficient (Wildman–Crippen LogP) is 2.46. The van der Waals surface area contributed by atoms with Crippen molar-refractivity contribution in [2.45, 2.75) is 37.2 Å². The van der Waals surface area contributed by atoms with Crippen LogP contribution in [0.1, 0.15) is 25.8 Å². The number of sulfonamides is 1. The van der Waals surface area contributed by atoms with Crippen molar-refractivity contribution in [2.24, 2.45) is 10.9 Å². The Kier molecular flexibility index (Phi) is 5.51. The van der Waals surface area contributed by atoms with Crippen LogP contribution in [0.2, 0.25) is 0 Å². The SMILES string of the molecule is CC(C)[C@H](N=C1NS(=O)(=O)c2ccccc21)C(=O)N1CCC(Nc2ccccc2)C1. The van der Waals surface area contributed by atoms with Gasteiger partial charge in [-0.05, 0) is 36.6 Å². The lowest BCUT2D eigenvalue weighted by Gasteiger charge is -2.24. The molecule has 158 valence electrons. The maximum Gasteiger partial charge on any atom is 0.263 e. The predicted molar refractivity (Wildman–Crippen MR) is 117 cm³/mol. The summed E-state index contributed by atoms with van der Waals surface area (Å²) in [5.74, 6) is 0.109. The van der Waals surface area contributed by atoms with E-state index in [9.17, 15) is 13.2 Å². The number of carbonyl (C=O) groups excluding carboxylic acids is 1. The first-order valence-corrected chi connectivity index (χ1v) is 11.6. The van der Waals surface area contributed by atoms with Crippen LogP contribution in [-0.4, -0.2) is 50.2 Å². The number of hydrogen-bond acceptors (Lipinski definition) is 5. The van der Waals surface area contributed by atoms with E-state index in [-0.39, 0.29) is 28.6 Å². The van der Waals surface area contributed by atoms with Crippen molar-refractivity contribution in [1.29, 1.82) is 0 Å². The number of fused-ring (bicyclic) bond motifs is 1. The summed E-state index contributed by atoms with van der Waals surface area (Å²) in [6.45, 7) is 5.11. The molecule has 1 amide bonds. The van der Waals surface area contributed by atoms with Gasteiger partial charge in [-0.3, -0.25) is 14.5 Å². The minimum Gasteiger partial charge on any atom is -0.380 e. The van der Waals surface area contributed by atoms with E-state index in [1.165, 1.54) is 0 Å². The molecule has 0 saturated carbocycles. The Hall–Kier alpha value is -2.87. The fraction of sp³-hybridized carbons (Fsp3) is 0.364. The molecule has 2 aliphatic rings. The summed E-state index contributed by atoms with van der Waals surface area (Å²) < 4.78 is 27.2. The summed E-state index contributed by atoms with van der Waals surface area (Å²) in [4.78, 5) is 19.9. The first-order valence-electron chi connectivity index (χ1n) is 10.2. The molecule has 7 nitrogen and oxygen atoms in total. The van der Waals surface area contributed by atoms with Gasteiger partial charge in [0.15, 0.2) is 0 Å². The molecule has 8 heteroatoms. The maximum absolute atomic E-state index is 13.3. The quantitative estimate of drug-likeness (QED) is 0.768. The molecule has 1 fully saturated rings. The van der Waals surface area contributed by atoms with E-state index < -0.39 is 16.1 Å². The third kappa shape index (κ3) is 4.05. The molecular formula is C22H26N4O3S. The molecule has 2 heterocycles. The van der Waals surface area contributed by atoms with E-state index in [4.69, 9.17) is 0 Å². The fourth-order valence-corrected chi connectivity index (χ4v) is 5.13. The number of nitrogens with zero attached hydrogens (tertiary/aromatic N) is 2. The van der Waals surface area contributed by atoms with Crippen LogP contribution in [0.3, 0.4) is 0 Å². The zero-order chi connectivity index (χ0) is 21.3. The molecule has 2 aromatic rings. The van der Waals surface area contributed by atoms with Crippen molar-refractivity contribution < 1.29 is 13.2 Å². The Bertz CT molecular complexity index is 1070. The average Bonchev–Trinajstić information content (AvgIpc) is 3.29. The van der Waals surface area contributed by atoms with Crippen LogP contribution in [0.15, 0.2) is 64.5 Å². The van der Waals surface area contributed by atoms with Crippen molar-refractivity contribution in [1.82, 2.24) is 9.62 Å². The van der Waals surface area contributed by atoms with Gasteiger partial charge in [0.1, 0.15) is 11.9 Å². The first kappa shape index (κ1) is 20.4. The van der Waals surface area contributed by atoms with Gasteiger partial charge < -0.3 is 10.2 Å². The molecule has 1 unspecified atom stereocenters. The number of carbonyl (C=O) groups is 1. The Morgan fingerprint density at radius 2 is 1.83 bits per heavy atom. The van der Waals surface area contributed by atoms with Crippen LogP contribution in [-0.2, 0) is 14.8 Å². The number of anilines is 1. The molecule has 2 aliphatic heterocycles. The topological polar surface area (TPSA) is 90.9 Å². The smallest absolute Gasteiger partial charge is 0.263 e. The molecule has 0 aromatic heterocycles. The van der Waals surface area contributed by atoms with Crippen molar-refractivity contribution in [3.05, 3.63) is 60.2 Å². The average molecular weight is 427 g/mol. The summed E-state index contributed by atoms with van der Waals surface area (Å²) >= 11 is 0. The van der Waals surface area contributed by atoms with Crippen molar-refractivity contribution in [3.8, 4) is 0 Å². The van der Waals surface area contributed by atoms with Gasteiger partial charge in [-0.1, -0.05) is 44.2 Å². The highest BCUT2D eigenvalue weighted by molar-refractivity contribution is 7.90. The summed E-state index contributed by atoms with van der Waals surface area (Å²) in [7, 11) is -3.63. The normalized spacial score (nSPS) is 22.0. The van der Waals surface area contributed by atoms with Gasteiger partial charge in [-0.15, -0.1) is 0 Å². The maximum atomic E-state index is 13.3. The van der Waals surface area contributed by atoms with Gasteiger partial charge in [0, 0.05) is 30.4 Å². The summed E-state index contributed by atoms with van der Waals surface area (Å²) in [6, 6.07) is 16.2. The highest BCUT2D eigenvalue weighted by atomic mass is 32.2. The Morgan fingerprint density at radius 1 is 1.13 bits per heavy atom. The van der Waals surface area contributed by atoms with E-state index in [1.807, 2.05) is 49.1 Å². The minimum atomic E-state index is -3.63. The van der Waals surface area contributed by atoms with Crippen LogP contribution < -0.4 is 10.0 Å². The Labute approximate surface area is 177 Å². The van der Waals surface area contributed by atoms with Gasteiger partial charge >= 0.3 is 0 Å². The lowest BCUT2D eigenvalue weighted by Crippen LogP contribution is -2.41. The third-order valence-corrected chi connectivity index (χ3v) is 6.86. The molecule has 2 aromatic carbocycles. The molecule has 2 atom stereocenters. The van der Waals surface area contributed by atoms with Crippen molar-refractivity contribution >= 4 is 27.5 Å². The fourth-order valence-electron chi connectivity index (χ4n) is 3.89. The van der Waals surface area contributed by atoms with Crippen molar-refractivity contribution in [3.63, 3.8) is 0 Å². The van der Waals surface area contributed by atoms with Crippen LogP contribution in [0.25, 0.3) is 0 Å². The van der Waals surface area contributed by atoms with Gasteiger partial charge in [-0.25, -0.2) is 8.42 Å². The van der Waals surface area contributed by atoms with Crippen molar-refractivity contribution in [2.75, 3.05) is 18.4 Å². The zero-order valence-electron chi connectivity index (χ0n) is 17.1. The van der Waals surface area contributed by atoms with Gasteiger partial charge in [0.05, 0.1) is 4.90 Å². The Morgan fingerprint density at radius 3 is 2.57 bits per heavy atom. The van der Waals surface area contributed by atoms with E-state index >= 15 is 0 Å². The monoisotopic (exact) mass is 426 g/mol. The van der Waals surface area contributed by atoms with Gasteiger partial charge in [0.25, 0.3) is 10.0 Å². The molecule has 30 heavy (non-hydrogen) atoms. The highest BCUT2D eigenvalue weighted by Gasteiger charge is 2.35. The van der Waals surface area contributed by atoms with Gasteiger partial charge in [-0.2, -0.15) is 0 Å². The lowest BCUT2D eigenvalue weighted by atomic mass is 10.0. The second kappa shape index (κ2) is 8.10. The number of hydrogen-bond donors (Lipinski definition) is 2. The number of rotatable bonds is 5. The molecule has 0 aliphatic carbocycles. The van der Waals surface area contributed by atoms with E-state index in [0.29, 0.717) is 18.7 Å². The molecule has 4 rings (SSSR count). The van der Waals surface area contributed by atoms with Crippen LogP contribution >= 0.6 is 0 Å². The van der Waals surface area contributed by atoms with E-state index in [2.05, 4.69) is 15.0 Å².